The minimum absolute atomic E-state index is 0.0892. The first-order chi connectivity index (χ1) is 11.3. The molecule has 2 aromatic rings. The summed E-state index contributed by atoms with van der Waals surface area (Å²) >= 11 is 3.27. The molecular formula is C16H22N2O3S2. The normalized spacial score (nSPS) is 14.3. The van der Waals surface area contributed by atoms with E-state index in [1.165, 1.54) is 23.3 Å². The number of hydrogen-bond donors (Lipinski definition) is 0. The quantitative estimate of drug-likeness (QED) is 0.435. The molecule has 126 valence electrons. The molecule has 2 aromatic heterocycles. The van der Waals surface area contributed by atoms with Crippen molar-refractivity contribution in [1.82, 2.24) is 9.55 Å². The summed E-state index contributed by atoms with van der Waals surface area (Å²) < 4.78 is 12.1. The van der Waals surface area contributed by atoms with Crippen molar-refractivity contribution in [3.05, 3.63) is 20.8 Å². The number of thiophene rings is 1. The fourth-order valence-electron chi connectivity index (χ4n) is 2.93. The van der Waals surface area contributed by atoms with Crippen molar-refractivity contribution in [2.75, 3.05) is 33.2 Å². The second-order valence-corrected chi connectivity index (χ2v) is 7.72. The number of aromatic nitrogens is 2. The maximum atomic E-state index is 13.1. The van der Waals surface area contributed by atoms with Crippen LogP contribution in [0.3, 0.4) is 0 Å². The fourth-order valence-corrected chi connectivity index (χ4v) is 5.15. The monoisotopic (exact) mass is 354 g/mol. The molecule has 0 spiro atoms. The lowest BCUT2D eigenvalue weighted by Crippen LogP contribution is -2.25. The van der Waals surface area contributed by atoms with Crippen LogP contribution in [0.4, 0.5) is 0 Å². The molecule has 0 unspecified atom stereocenters. The van der Waals surface area contributed by atoms with Crippen LogP contribution in [0.2, 0.25) is 0 Å². The van der Waals surface area contributed by atoms with Crippen LogP contribution < -0.4 is 5.56 Å². The van der Waals surface area contributed by atoms with Crippen molar-refractivity contribution in [2.45, 2.75) is 37.4 Å². The van der Waals surface area contributed by atoms with E-state index in [1.54, 1.807) is 41.9 Å². The molecule has 0 aliphatic heterocycles. The summed E-state index contributed by atoms with van der Waals surface area (Å²) in [5, 5.41) is 1.62. The zero-order valence-electron chi connectivity index (χ0n) is 13.6. The van der Waals surface area contributed by atoms with Gasteiger partial charge in [-0.05, 0) is 31.2 Å². The summed E-state index contributed by atoms with van der Waals surface area (Å²) in [7, 11) is 3.34. The lowest BCUT2D eigenvalue weighted by atomic mass is 9.97. The maximum absolute atomic E-state index is 13.1. The summed E-state index contributed by atoms with van der Waals surface area (Å²) in [5.74, 6) is 0.784. The molecule has 2 heterocycles. The Kier molecular flexibility index (Phi) is 5.74. The minimum atomic E-state index is 0.0892. The van der Waals surface area contributed by atoms with Gasteiger partial charge < -0.3 is 9.47 Å². The van der Waals surface area contributed by atoms with Gasteiger partial charge in [-0.1, -0.05) is 11.8 Å². The Hall–Kier alpha value is -0.890. The number of aryl methyl sites for hydroxylation is 2. The third-order valence-electron chi connectivity index (χ3n) is 4.08. The molecule has 3 rings (SSSR count). The molecule has 0 atom stereocenters. The van der Waals surface area contributed by atoms with Crippen LogP contribution in [0.15, 0.2) is 9.95 Å². The number of hydrogen-bond acceptors (Lipinski definition) is 6. The third-order valence-corrected chi connectivity index (χ3v) is 6.20. The lowest BCUT2D eigenvalue weighted by molar-refractivity contribution is 0.183. The summed E-state index contributed by atoms with van der Waals surface area (Å²) in [6, 6.07) is 0. The summed E-state index contributed by atoms with van der Waals surface area (Å²) in [6.07, 6.45) is 4.47. The second kappa shape index (κ2) is 7.79. The maximum Gasteiger partial charge on any atom is 0.263 e. The van der Waals surface area contributed by atoms with Gasteiger partial charge in [-0.2, -0.15) is 0 Å². The second-order valence-electron chi connectivity index (χ2n) is 5.58. The Labute approximate surface area is 144 Å². The van der Waals surface area contributed by atoms with Gasteiger partial charge in [0.2, 0.25) is 0 Å². The SMILES string of the molecule is COCCSc1nc2sc3c(c2c(=O)n1CCOC)CCCC3. The number of rotatable bonds is 7. The van der Waals surface area contributed by atoms with Gasteiger partial charge in [-0.3, -0.25) is 9.36 Å². The number of methoxy groups -OCH3 is 2. The molecule has 0 radical (unpaired) electrons. The zero-order chi connectivity index (χ0) is 16.2. The number of thioether (sulfide) groups is 1. The fraction of sp³-hybridized carbons (Fsp3) is 0.625. The number of ether oxygens (including phenoxy) is 2. The molecule has 7 heteroatoms. The first-order valence-electron chi connectivity index (χ1n) is 7.92. The minimum Gasteiger partial charge on any atom is -0.384 e. The Morgan fingerprint density at radius 1 is 1.22 bits per heavy atom. The molecule has 1 aliphatic carbocycles. The van der Waals surface area contributed by atoms with Crippen molar-refractivity contribution in [3.63, 3.8) is 0 Å². The Morgan fingerprint density at radius 3 is 2.78 bits per heavy atom. The van der Waals surface area contributed by atoms with Crippen LogP contribution in [-0.4, -0.2) is 42.7 Å². The van der Waals surface area contributed by atoms with E-state index in [1.807, 2.05) is 0 Å². The average molecular weight is 354 g/mol. The molecule has 0 bridgehead atoms. The standard InChI is InChI=1S/C16H22N2O3S2/c1-20-8-7-18-15(19)13-11-5-3-4-6-12(11)23-14(13)17-16(18)22-10-9-21-2/h3-10H2,1-2H3. The highest BCUT2D eigenvalue weighted by molar-refractivity contribution is 7.99. The van der Waals surface area contributed by atoms with Gasteiger partial charge in [0, 0.05) is 24.8 Å². The van der Waals surface area contributed by atoms with Crippen LogP contribution >= 0.6 is 23.1 Å². The molecule has 0 aromatic carbocycles. The van der Waals surface area contributed by atoms with Gasteiger partial charge in [0.1, 0.15) is 4.83 Å². The highest BCUT2D eigenvalue weighted by atomic mass is 32.2. The van der Waals surface area contributed by atoms with Gasteiger partial charge in [0.15, 0.2) is 5.16 Å². The first-order valence-corrected chi connectivity index (χ1v) is 9.72. The molecule has 23 heavy (non-hydrogen) atoms. The van der Waals surface area contributed by atoms with Gasteiger partial charge in [-0.25, -0.2) is 4.98 Å². The largest absolute Gasteiger partial charge is 0.384 e. The van der Waals surface area contributed by atoms with Gasteiger partial charge in [0.25, 0.3) is 5.56 Å². The average Bonchev–Trinajstić information content (AvgIpc) is 2.93. The van der Waals surface area contributed by atoms with Crippen LogP contribution in [0.25, 0.3) is 10.2 Å². The van der Waals surface area contributed by atoms with E-state index in [-0.39, 0.29) is 5.56 Å². The van der Waals surface area contributed by atoms with Crippen LogP contribution in [-0.2, 0) is 28.9 Å². The predicted octanol–water partition coefficient (Wildman–Crippen LogP) is 2.72. The molecule has 0 amide bonds. The predicted molar refractivity (Wildman–Crippen MR) is 95.0 cm³/mol. The zero-order valence-corrected chi connectivity index (χ0v) is 15.2. The van der Waals surface area contributed by atoms with Gasteiger partial charge in [-0.15, -0.1) is 11.3 Å². The van der Waals surface area contributed by atoms with E-state index in [4.69, 9.17) is 14.5 Å². The van der Waals surface area contributed by atoms with Crippen molar-refractivity contribution in [3.8, 4) is 0 Å². The first kappa shape index (κ1) is 17.0. The van der Waals surface area contributed by atoms with E-state index < -0.39 is 0 Å². The van der Waals surface area contributed by atoms with Crippen molar-refractivity contribution < 1.29 is 9.47 Å². The summed E-state index contributed by atoms with van der Waals surface area (Å²) in [4.78, 5) is 20.1. The molecule has 1 aliphatic rings. The summed E-state index contributed by atoms with van der Waals surface area (Å²) in [5.41, 5.74) is 1.33. The third kappa shape index (κ3) is 3.47. The lowest BCUT2D eigenvalue weighted by Gasteiger charge is -2.13. The molecule has 0 saturated heterocycles. The van der Waals surface area contributed by atoms with Gasteiger partial charge >= 0.3 is 0 Å². The molecule has 0 saturated carbocycles. The highest BCUT2D eigenvalue weighted by Gasteiger charge is 2.22. The summed E-state index contributed by atoms with van der Waals surface area (Å²) in [6.45, 7) is 1.69. The number of fused-ring (bicyclic) bond motifs is 3. The molecule has 0 N–H and O–H groups in total. The van der Waals surface area contributed by atoms with Crippen molar-refractivity contribution >= 4 is 33.3 Å². The Balaban J connectivity index is 2.07. The van der Waals surface area contributed by atoms with Crippen LogP contribution in [0.5, 0.6) is 0 Å². The van der Waals surface area contributed by atoms with Crippen molar-refractivity contribution in [2.24, 2.45) is 0 Å². The molecule has 0 fully saturated rings. The van der Waals surface area contributed by atoms with Crippen LogP contribution in [0, 0.1) is 0 Å². The van der Waals surface area contributed by atoms with Crippen LogP contribution in [0.1, 0.15) is 23.3 Å². The van der Waals surface area contributed by atoms with Gasteiger partial charge in [0.05, 0.1) is 25.1 Å². The molecule has 5 nitrogen and oxygen atoms in total. The van der Waals surface area contributed by atoms with E-state index in [2.05, 4.69) is 0 Å². The van der Waals surface area contributed by atoms with Crippen molar-refractivity contribution in [1.29, 1.82) is 0 Å². The van der Waals surface area contributed by atoms with E-state index in [9.17, 15) is 4.79 Å². The number of nitrogens with zero attached hydrogens (tertiary/aromatic N) is 2. The van der Waals surface area contributed by atoms with E-state index in [0.717, 1.165) is 34.0 Å². The van der Waals surface area contributed by atoms with E-state index in [0.29, 0.717) is 19.8 Å². The Morgan fingerprint density at radius 2 is 2.00 bits per heavy atom. The molecular weight excluding hydrogens is 332 g/mol. The van der Waals surface area contributed by atoms with E-state index >= 15 is 0 Å². The smallest absolute Gasteiger partial charge is 0.263 e. The Bertz CT molecular complexity index is 739. The highest BCUT2D eigenvalue weighted by Crippen LogP contribution is 2.34. The topological polar surface area (TPSA) is 53.3 Å².